The predicted molar refractivity (Wildman–Crippen MR) is 122 cm³/mol. The lowest BCUT2D eigenvalue weighted by Gasteiger charge is -2.26. The second-order valence-corrected chi connectivity index (χ2v) is 9.54. The Bertz CT molecular complexity index is 1040. The number of aromatic nitrogens is 1. The molecular formula is C23H30F6N2O8. The van der Waals surface area contributed by atoms with Gasteiger partial charge in [-0.25, -0.2) is 19.4 Å². The molecule has 0 saturated heterocycles. The Hall–Kier alpha value is -3.30. The maximum atomic E-state index is 13.8. The fraction of sp³-hybridized carbons (Fsp3) is 0.652. The highest BCUT2D eigenvalue weighted by Crippen LogP contribution is 2.39. The zero-order valence-electron chi connectivity index (χ0n) is 21.7. The molecule has 1 aromatic heterocycles. The second-order valence-electron chi connectivity index (χ2n) is 9.54. The van der Waals surface area contributed by atoms with Crippen LogP contribution in [0, 0.1) is 0 Å². The van der Waals surface area contributed by atoms with E-state index in [1.165, 1.54) is 27.7 Å². The van der Waals surface area contributed by atoms with E-state index in [1.54, 1.807) is 0 Å². The van der Waals surface area contributed by atoms with E-state index in [9.17, 15) is 45.8 Å². The molecule has 0 bridgehead atoms. The SMILES string of the molecule is COC(=O)c1nc(OC(C)CCCCCC(O)(C(=O)O)C(F)(F)F)c(C(F)(F)F)cc1NC(=O)OC(C)(C)C. The number of carboxylic acid groups (broad SMARTS) is 1. The molecule has 0 radical (unpaired) electrons. The fourth-order valence-electron chi connectivity index (χ4n) is 3.16. The van der Waals surface area contributed by atoms with Gasteiger partial charge < -0.3 is 24.4 Å². The largest absolute Gasteiger partial charge is 0.479 e. The third-order valence-electron chi connectivity index (χ3n) is 5.09. The number of nitrogens with one attached hydrogen (secondary N) is 1. The first-order valence-electron chi connectivity index (χ1n) is 11.5. The molecule has 0 aliphatic carbocycles. The molecule has 2 atom stereocenters. The van der Waals surface area contributed by atoms with Crippen molar-refractivity contribution < 1.29 is 65.1 Å². The molecule has 39 heavy (non-hydrogen) atoms. The van der Waals surface area contributed by atoms with Crippen LogP contribution in [-0.4, -0.2) is 63.8 Å². The Labute approximate surface area is 219 Å². The lowest BCUT2D eigenvalue weighted by Crippen LogP contribution is -2.52. The van der Waals surface area contributed by atoms with Gasteiger partial charge in [0.2, 0.25) is 5.88 Å². The van der Waals surface area contributed by atoms with Gasteiger partial charge in [0.25, 0.3) is 5.60 Å². The minimum absolute atomic E-state index is 0.00195. The summed E-state index contributed by atoms with van der Waals surface area (Å²) in [7, 11) is 0.937. The first kappa shape index (κ1) is 33.7. The van der Waals surface area contributed by atoms with Crippen molar-refractivity contribution in [2.75, 3.05) is 12.4 Å². The van der Waals surface area contributed by atoms with Gasteiger partial charge >= 0.3 is 30.4 Å². The van der Waals surface area contributed by atoms with Crippen molar-refractivity contribution in [1.82, 2.24) is 4.98 Å². The van der Waals surface area contributed by atoms with Gasteiger partial charge in [0.05, 0.1) is 18.9 Å². The molecule has 3 N–H and O–H groups in total. The van der Waals surface area contributed by atoms with Crippen LogP contribution in [0.2, 0.25) is 0 Å². The van der Waals surface area contributed by atoms with Gasteiger partial charge in [0.15, 0.2) is 5.69 Å². The number of carbonyl (C=O) groups excluding carboxylic acids is 2. The minimum Gasteiger partial charge on any atom is -0.479 e. The van der Waals surface area contributed by atoms with E-state index in [0.29, 0.717) is 6.07 Å². The number of nitrogens with zero attached hydrogens (tertiary/aromatic N) is 1. The monoisotopic (exact) mass is 576 g/mol. The topological polar surface area (TPSA) is 144 Å². The second kappa shape index (κ2) is 12.7. The molecule has 16 heteroatoms. The van der Waals surface area contributed by atoms with E-state index in [-0.39, 0.29) is 25.7 Å². The summed E-state index contributed by atoms with van der Waals surface area (Å²) in [5.74, 6) is -4.64. The van der Waals surface area contributed by atoms with Crippen LogP contribution in [0.5, 0.6) is 5.88 Å². The van der Waals surface area contributed by atoms with Gasteiger partial charge in [-0.05, 0) is 59.4 Å². The summed E-state index contributed by atoms with van der Waals surface area (Å²) in [6.45, 7) is 5.87. The normalized spacial score (nSPS) is 14.7. The summed E-state index contributed by atoms with van der Waals surface area (Å²) in [6, 6.07) is 0.426. The summed E-state index contributed by atoms with van der Waals surface area (Å²) >= 11 is 0. The standard InChI is InChI=1S/C23H30F6N2O8/c1-12(9-7-6-8-10-21(36,18(33)34)23(27,28)29)38-16-13(22(24,25)26)11-14(15(31-16)17(32)37-5)30-19(35)39-20(2,3)4/h11-12,36H,6-10H2,1-5H3,(H,30,35)(H,33,34). The number of ether oxygens (including phenoxy) is 3. The Kier molecular flexibility index (Phi) is 11.0. The highest BCUT2D eigenvalue weighted by molar-refractivity contribution is 5.98. The number of pyridine rings is 1. The molecular weight excluding hydrogens is 546 g/mol. The molecule has 0 aliphatic heterocycles. The van der Waals surface area contributed by atoms with Crippen LogP contribution in [-0.2, 0) is 20.4 Å². The third-order valence-corrected chi connectivity index (χ3v) is 5.09. The van der Waals surface area contributed by atoms with Crippen molar-refractivity contribution in [2.24, 2.45) is 0 Å². The molecule has 0 saturated carbocycles. The molecule has 0 aliphatic rings. The number of carboxylic acids is 1. The smallest absolute Gasteiger partial charge is 0.428 e. The van der Waals surface area contributed by atoms with Gasteiger partial charge in [0.1, 0.15) is 11.2 Å². The van der Waals surface area contributed by atoms with Crippen LogP contribution in [0.3, 0.4) is 0 Å². The van der Waals surface area contributed by atoms with E-state index < -0.39 is 76.9 Å². The molecule has 222 valence electrons. The van der Waals surface area contributed by atoms with E-state index in [1.807, 2.05) is 5.32 Å². The van der Waals surface area contributed by atoms with Gasteiger partial charge in [-0.1, -0.05) is 6.42 Å². The fourth-order valence-corrected chi connectivity index (χ4v) is 3.16. The number of aliphatic carboxylic acids is 1. The molecule has 1 heterocycles. The van der Waals surface area contributed by atoms with Gasteiger partial charge in [0, 0.05) is 0 Å². The number of halogens is 6. The summed E-state index contributed by atoms with van der Waals surface area (Å²) in [6.07, 6.45) is -14.0. The maximum absolute atomic E-state index is 13.8. The number of unbranched alkanes of at least 4 members (excludes halogenated alkanes) is 2. The number of hydrogen-bond acceptors (Lipinski definition) is 8. The summed E-state index contributed by atoms with van der Waals surface area (Å²) in [5, 5.41) is 20.2. The average Bonchev–Trinajstić information content (AvgIpc) is 2.75. The molecule has 0 fully saturated rings. The zero-order valence-corrected chi connectivity index (χ0v) is 21.7. The maximum Gasteiger partial charge on any atom is 0.428 e. The highest BCUT2D eigenvalue weighted by atomic mass is 19.4. The average molecular weight is 576 g/mol. The molecule has 0 spiro atoms. The Balaban J connectivity index is 3.06. The Morgan fingerprint density at radius 3 is 2.10 bits per heavy atom. The number of methoxy groups -OCH3 is 1. The summed E-state index contributed by atoms with van der Waals surface area (Å²) in [5.41, 5.74) is -7.73. The van der Waals surface area contributed by atoms with Gasteiger partial charge in [-0.15, -0.1) is 0 Å². The number of amides is 1. The van der Waals surface area contributed by atoms with Gasteiger partial charge in [-0.2, -0.15) is 26.3 Å². The molecule has 0 aromatic carbocycles. The van der Waals surface area contributed by atoms with Crippen LogP contribution in [0.1, 0.15) is 75.9 Å². The number of carbonyl (C=O) groups is 3. The van der Waals surface area contributed by atoms with Crippen molar-refractivity contribution in [2.45, 2.75) is 89.5 Å². The Morgan fingerprint density at radius 2 is 1.64 bits per heavy atom. The number of esters is 1. The van der Waals surface area contributed by atoms with Crippen LogP contribution in [0.15, 0.2) is 6.07 Å². The minimum atomic E-state index is -5.39. The van der Waals surface area contributed by atoms with Crippen molar-refractivity contribution >= 4 is 23.7 Å². The van der Waals surface area contributed by atoms with E-state index in [2.05, 4.69) is 9.72 Å². The van der Waals surface area contributed by atoms with E-state index in [0.717, 1.165) is 7.11 Å². The van der Waals surface area contributed by atoms with Gasteiger partial charge in [-0.3, -0.25) is 5.32 Å². The number of anilines is 1. The van der Waals surface area contributed by atoms with E-state index in [4.69, 9.17) is 14.6 Å². The molecule has 2 unspecified atom stereocenters. The van der Waals surface area contributed by atoms with Crippen molar-refractivity contribution in [1.29, 1.82) is 0 Å². The zero-order chi connectivity index (χ0) is 30.4. The number of alkyl halides is 6. The first-order chi connectivity index (χ1) is 17.6. The quantitative estimate of drug-likeness (QED) is 0.181. The number of aliphatic hydroxyl groups is 1. The summed E-state index contributed by atoms with van der Waals surface area (Å²) < 4.78 is 94.7. The summed E-state index contributed by atoms with van der Waals surface area (Å²) in [4.78, 5) is 38.7. The first-order valence-corrected chi connectivity index (χ1v) is 11.5. The molecule has 1 rings (SSSR count). The molecule has 10 nitrogen and oxygen atoms in total. The lowest BCUT2D eigenvalue weighted by atomic mass is 9.95. The van der Waals surface area contributed by atoms with Crippen LogP contribution in [0.4, 0.5) is 36.8 Å². The van der Waals surface area contributed by atoms with Crippen molar-refractivity contribution in [3.63, 3.8) is 0 Å². The van der Waals surface area contributed by atoms with Crippen molar-refractivity contribution in [3.05, 3.63) is 17.3 Å². The van der Waals surface area contributed by atoms with Crippen molar-refractivity contribution in [3.8, 4) is 5.88 Å². The van der Waals surface area contributed by atoms with Crippen LogP contribution >= 0.6 is 0 Å². The third kappa shape index (κ3) is 9.75. The molecule has 1 amide bonds. The Morgan fingerprint density at radius 1 is 1.05 bits per heavy atom. The van der Waals surface area contributed by atoms with Crippen LogP contribution in [0.25, 0.3) is 0 Å². The number of rotatable bonds is 11. The van der Waals surface area contributed by atoms with E-state index >= 15 is 0 Å². The molecule has 1 aromatic rings. The van der Waals surface area contributed by atoms with Crippen LogP contribution < -0.4 is 10.1 Å². The highest BCUT2D eigenvalue weighted by Gasteiger charge is 2.59. The lowest BCUT2D eigenvalue weighted by molar-refractivity contribution is -0.262. The number of hydrogen-bond donors (Lipinski definition) is 3. The predicted octanol–water partition coefficient (Wildman–Crippen LogP) is 5.33.